The summed E-state index contributed by atoms with van der Waals surface area (Å²) in [5.41, 5.74) is 1.34. The van der Waals surface area contributed by atoms with E-state index < -0.39 is 0 Å². The molecule has 0 N–H and O–H groups in total. The third-order valence-electron chi connectivity index (χ3n) is 3.55. The molecule has 0 radical (unpaired) electrons. The quantitative estimate of drug-likeness (QED) is 0.525. The number of fused-ring (bicyclic) bond motifs is 3. The monoisotopic (exact) mass is 387 g/mol. The summed E-state index contributed by atoms with van der Waals surface area (Å²) in [7, 11) is 1.61. The molecular weight excluding hydrogens is 378 g/mol. The fourth-order valence-corrected chi connectivity index (χ4v) is 3.76. The van der Waals surface area contributed by atoms with E-state index in [9.17, 15) is 4.79 Å². The van der Waals surface area contributed by atoms with Gasteiger partial charge in [-0.25, -0.2) is 9.97 Å². The topological polar surface area (TPSA) is 57.0 Å². The van der Waals surface area contributed by atoms with Gasteiger partial charge < -0.3 is 4.74 Å². The molecule has 3 aromatic heterocycles. The van der Waals surface area contributed by atoms with E-state index in [4.69, 9.17) is 4.74 Å². The van der Waals surface area contributed by atoms with E-state index in [-0.39, 0.29) is 5.56 Å². The van der Waals surface area contributed by atoms with E-state index in [1.165, 1.54) is 15.9 Å². The van der Waals surface area contributed by atoms with Gasteiger partial charge in [-0.2, -0.15) is 0 Å². The van der Waals surface area contributed by atoms with Gasteiger partial charge in [0.05, 0.1) is 18.3 Å². The molecule has 1 aromatic carbocycles. The van der Waals surface area contributed by atoms with Crippen molar-refractivity contribution in [3.63, 3.8) is 0 Å². The number of pyridine rings is 1. The number of hydrogen-bond acceptors (Lipinski definition) is 5. The lowest BCUT2D eigenvalue weighted by Crippen LogP contribution is -2.17. The van der Waals surface area contributed by atoms with Crippen molar-refractivity contribution in [3.05, 3.63) is 57.7 Å². The van der Waals surface area contributed by atoms with Crippen LogP contribution in [0.3, 0.4) is 0 Å². The molecule has 23 heavy (non-hydrogen) atoms. The lowest BCUT2D eigenvalue weighted by Gasteiger charge is -2.06. The Morgan fingerprint density at radius 2 is 2.00 bits per heavy atom. The molecule has 0 amide bonds. The molecule has 7 heteroatoms. The predicted molar refractivity (Wildman–Crippen MR) is 94.8 cm³/mol. The van der Waals surface area contributed by atoms with Crippen molar-refractivity contribution in [2.75, 3.05) is 7.11 Å². The predicted octanol–water partition coefficient (Wildman–Crippen LogP) is 3.77. The molecule has 0 fully saturated rings. The minimum Gasteiger partial charge on any atom is -0.497 e. The van der Waals surface area contributed by atoms with Crippen molar-refractivity contribution < 1.29 is 4.74 Å². The normalized spacial score (nSPS) is 11.2. The van der Waals surface area contributed by atoms with Crippen LogP contribution >= 0.6 is 27.3 Å². The van der Waals surface area contributed by atoms with Crippen LogP contribution in [-0.4, -0.2) is 21.6 Å². The van der Waals surface area contributed by atoms with E-state index in [1.54, 1.807) is 19.6 Å². The summed E-state index contributed by atoms with van der Waals surface area (Å²) in [6.07, 6.45) is 3.28. The average Bonchev–Trinajstić information content (AvgIpc) is 2.94. The third kappa shape index (κ3) is 2.32. The zero-order chi connectivity index (χ0) is 16.0. The second-order valence-electron chi connectivity index (χ2n) is 4.90. The van der Waals surface area contributed by atoms with Crippen molar-refractivity contribution in [1.82, 2.24) is 14.5 Å². The van der Waals surface area contributed by atoms with Crippen molar-refractivity contribution >= 4 is 47.7 Å². The number of methoxy groups -OCH3 is 1. The largest absolute Gasteiger partial charge is 0.497 e. The number of nitrogens with zero attached hydrogens (tertiary/aromatic N) is 3. The van der Waals surface area contributed by atoms with E-state index >= 15 is 0 Å². The van der Waals surface area contributed by atoms with Crippen molar-refractivity contribution in [2.24, 2.45) is 0 Å². The summed E-state index contributed by atoms with van der Waals surface area (Å²) < 4.78 is 8.14. The Kier molecular flexibility index (Phi) is 3.39. The van der Waals surface area contributed by atoms with Gasteiger partial charge in [-0.3, -0.25) is 9.36 Å². The highest BCUT2D eigenvalue weighted by Gasteiger charge is 2.13. The van der Waals surface area contributed by atoms with Crippen LogP contribution in [0.25, 0.3) is 26.1 Å². The molecule has 0 aliphatic heterocycles. The van der Waals surface area contributed by atoms with Gasteiger partial charge in [0.15, 0.2) is 0 Å². The molecule has 0 saturated heterocycles. The van der Waals surface area contributed by atoms with Crippen LogP contribution in [0.4, 0.5) is 0 Å². The van der Waals surface area contributed by atoms with Gasteiger partial charge >= 0.3 is 0 Å². The number of hydrogen-bond donors (Lipinski definition) is 0. The first kappa shape index (κ1) is 14.3. The lowest BCUT2D eigenvalue weighted by atomic mass is 10.3. The van der Waals surface area contributed by atoms with Gasteiger partial charge in [-0.15, -0.1) is 11.3 Å². The van der Waals surface area contributed by atoms with Gasteiger partial charge in [0.1, 0.15) is 21.6 Å². The molecule has 0 aliphatic carbocycles. The van der Waals surface area contributed by atoms with E-state index in [0.29, 0.717) is 10.2 Å². The lowest BCUT2D eigenvalue weighted by molar-refractivity contribution is 0.414. The summed E-state index contributed by atoms with van der Waals surface area (Å²) in [5, 5.41) is 0.887. The molecule has 3 heterocycles. The second-order valence-corrected chi connectivity index (χ2v) is 6.82. The first-order valence-corrected chi connectivity index (χ1v) is 8.38. The molecule has 0 saturated carbocycles. The molecule has 0 atom stereocenters. The van der Waals surface area contributed by atoms with E-state index in [0.717, 1.165) is 26.1 Å². The number of thiophene rings is 1. The smallest absolute Gasteiger partial charge is 0.275 e. The Bertz CT molecular complexity index is 1090. The highest BCUT2D eigenvalue weighted by atomic mass is 79.9. The molecule has 0 aliphatic rings. The highest BCUT2D eigenvalue weighted by molar-refractivity contribution is 9.10. The zero-order valence-corrected chi connectivity index (χ0v) is 14.4. The van der Waals surface area contributed by atoms with E-state index in [1.807, 2.05) is 30.3 Å². The third-order valence-corrected chi connectivity index (χ3v) is 5.08. The SMILES string of the molecule is COc1ccc(-n2cnc3c(sc4ncc(Br)cc43)c2=O)cc1. The Labute approximate surface area is 143 Å². The summed E-state index contributed by atoms with van der Waals surface area (Å²) in [6, 6.07) is 9.22. The Morgan fingerprint density at radius 1 is 1.22 bits per heavy atom. The van der Waals surface area contributed by atoms with Crippen LogP contribution in [0, 0.1) is 0 Å². The first-order valence-electron chi connectivity index (χ1n) is 6.77. The molecule has 4 aromatic rings. The van der Waals surface area contributed by atoms with Crippen molar-refractivity contribution in [3.8, 4) is 11.4 Å². The maximum Gasteiger partial charge on any atom is 0.275 e. The fourth-order valence-electron chi connectivity index (χ4n) is 2.42. The minimum absolute atomic E-state index is 0.0979. The Hall–Kier alpha value is -2.25. The minimum atomic E-state index is -0.0979. The van der Waals surface area contributed by atoms with Crippen LogP contribution in [0.2, 0.25) is 0 Å². The highest BCUT2D eigenvalue weighted by Crippen LogP contribution is 2.30. The van der Waals surface area contributed by atoms with Crippen LogP contribution in [0.15, 0.2) is 52.1 Å². The second kappa shape index (κ2) is 5.43. The fraction of sp³-hybridized carbons (Fsp3) is 0.0625. The molecule has 5 nitrogen and oxygen atoms in total. The average molecular weight is 388 g/mol. The number of aromatic nitrogens is 3. The van der Waals surface area contributed by atoms with Gasteiger partial charge in [-0.05, 0) is 46.3 Å². The summed E-state index contributed by atoms with van der Waals surface area (Å²) in [4.78, 5) is 22.4. The summed E-state index contributed by atoms with van der Waals surface area (Å²) >= 11 is 4.77. The van der Waals surface area contributed by atoms with Crippen LogP contribution in [0.5, 0.6) is 5.75 Å². The van der Waals surface area contributed by atoms with Crippen LogP contribution < -0.4 is 10.3 Å². The first-order chi connectivity index (χ1) is 11.2. The molecule has 0 bridgehead atoms. The van der Waals surface area contributed by atoms with Crippen molar-refractivity contribution in [1.29, 1.82) is 0 Å². The molecule has 0 spiro atoms. The maximum absolute atomic E-state index is 12.8. The molecular formula is C16H10BrN3O2S. The number of benzene rings is 1. The van der Waals surface area contributed by atoms with Crippen LogP contribution in [-0.2, 0) is 0 Å². The molecule has 114 valence electrons. The van der Waals surface area contributed by atoms with Gasteiger partial charge in [0, 0.05) is 16.1 Å². The Balaban J connectivity index is 1.97. The molecule has 4 rings (SSSR count). The standard InChI is InChI=1S/C16H10BrN3O2S/c1-22-11-4-2-10(3-5-11)20-8-19-13-12-6-9(17)7-18-15(12)23-14(13)16(20)21/h2-8H,1H3. The number of halogens is 1. The van der Waals surface area contributed by atoms with Gasteiger partial charge in [0.25, 0.3) is 5.56 Å². The van der Waals surface area contributed by atoms with Crippen molar-refractivity contribution in [2.45, 2.75) is 0 Å². The summed E-state index contributed by atoms with van der Waals surface area (Å²) in [5.74, 6) is 0.742. The Morgan fingerprint density at radius 3 is 2.74 bits per heavy atom. The van der Waals surface area contributed by atoms with Gasteiger partial charge in [0.2, 0.25) is 0 Å². The summed E-state index contributed by atoms with van der Waals surface area (Å²) in [6.45, 7) is 0. The maximum atomic E-state index is 12.8. The molecule has 0 unspecified atom stereocenters. The number of ether oxygens (including phenoxy) is 1. The number of rotatable bonds is 2. The zero-order valence-electron chi connectivity index (χ0n) is 12.0. The van der Waals surface area contributed by atoms with E-state index in [2.05, 4.69) is 25.9 Å². The van der Waals surface area contributed by atoms with Crippen LogP contribution in [0.1, 0.15) is 0 Å². The van der Waals surface area contributed by atoms with Gasteiger partial charge in [-0.1, -0.05) is 0 Å².